The quantitative estimate of drug-likeness (QED) is 0.457. The molecule has 5 heteroatoms. The van der Waals surface area contributed by atoms with Gasteiger partial charge in [0, 0.05) is 0 Å². The number of hydrogen-bond donors (Lipinski definition) is 1. The van der Waals surface area contributed by atoms with Gasteiger partial charge >= 0.3 is 0 Å². The fraction of sp³-hybridized carbons (Fsp3) is 0.300. The summed E-state index contributed by atoms with van der Waals surface area (Å²) in [7, 11) is 4.67. The van der Waals surface area contributed by atoms with Gasteiger partial charge in [0.1, 0.15) is 5.75 Å². The first-order chi connectivity index (χ1) is 7.28. The van der Waals surface area contributed by atoms with Crippen LogP contribution in [0.2, 0.25) is 0 Å². The highest BCUT2D eigenvalue weighted by atomic mass is 16.5. The van der Waals surface area contributed by atoms with E-state index in [0.29, 0.717) is 22.8 Å². The summed E-state index contributed by atoms with van der Waals surface area (Å²) in [6.07, 6.45) is 1.46. The minimum Gasteiger partial charge on any atom is -0.496 e. The lowest BCUT2D eigenvalue weighted by atomic mass is 10.1. The molecule has 0 atom stereocenters. The van der Waals surface area contributed by atoms with Gasteiger partial charge < -0.3 is 20.1 Å². The van der Waals surface area contributed by atoms with Gasteiger partial charge in [0.15, 0.2) is 11.5 Å². The highest BCUT2D eigenvalue weighted by Gasteiger charge is 2.13. The SMILES string of the molecule is COc1ccc(OC)c(OC)c1C=NN. The van der Waals surface area contributed by atoms with Crippen LogP contribution in [0.4, 0.5) is 0 Å². The highest BCUT2D eigenvalue weighted by molar-refractivity contribution is 5.88. The lowest BCUT2D eigenvalue weighted by Gasteiger charge is -2.12. The Morgan fingerprint density at radius 3 is 2.13 bits per heavy atom. The normalized spacial score (nSPS) is 10.3. The van der Waals surface area contributed by atoms with Crippen molar-refractivity contribution in [2.75, 3.05) is 21.3 Å². The molecule has 0 amide bonds. The van der Waals surface area contributed by atoms with Gasteiger partial charge in [0.2, 0.25) is 0 Å². The number of rotatable bonds is 4. The van der Waals surface area contributed by atoms with Crippen LogP contribution in [0.15, 0.2) is 17.2 Å². The number of hydrogen-bond acceptors (Lipinski definition) is 5. The van der Waals surface area contributed by atoms with Crippen molar-refractivity contribution in [1.82, 2.24) is 0 Å². The fourth-order valence-corrected chi connectivity index (χ4v) is 1.31. The van der Waals surface area contributed by atoms with Crippen molar-refractivity contribution in [3.05, 3.63) is 17.7 Å². The summed E-state index contributed by atoms with van der Waals surface area (Å²) in [6, 6.07) is 3.52. The van der Waals surface area contributed by atoms with Crippen LogP contribution in [0.1, 0.15) is 5.56 Å². The van der Waals surface area contributed by atoms with Gasteiger partial charge in [-0.3, -0.25) is 0 Å². The number of benzene rings is 1. The van der Waals surface area contributed by atoms with E-state index in [-0.39, 0.29) is 0 Å². The number of nitrogens with zero attached hydrogens (tertiary/aromatic N) is 1. The zero-order valence-electron chi connectivity index (χ0n) is 8.98. The Hall–Kier alpha value is -1.91. The van der Waals surface area contributed by atoms with Crippen LogP contribution < -0.4 is 20.1 Å². The lowest BCUT2D eigenvalue weighted by Crippen LogP contribution is -1.99. The molecule has 15 heavy (non-hydrogen) atoms. The molecular weight excluding hydrogens is 196 g/mol. The van der Waals surface area contributed by atoms with Crippen molar-refractivity contribution in [2.24, 2.45) is 10.9 Å². The van der Waals surface area contributed by atoms with E-state index in [9.17, 15) is 0 Å². The molecule has 0 aliphatic rings. The third-order valence-corrected chi connectivity index (χ3v) is 1.97. The Kier molecular flexibility index (Phi) is 3.79. The predicted octanol–water partition coefficient (Wildman–Crippen LogP) is 1.00. The van der Waals surface area contributed by atoms with Crippen molar-refractivity contribution >= 4 is 6.21 Å². The minimum atomic E-state index is 0.547. The monoisotopic (exact) mass is 210 g/mol. The smallest absolute Gasteiger partial charge is 0.173 e. The number of nitrogens with two attached hydrogens (primary N) is 1. The van der Waals surface area contributed by atoms with Crippen molar-refractivity contribution in [2.45, 2.75) is 0 Å². The molecule has 1 aromatic rings. The number of hydrazone groups is 1. The maximum Gasteiger partial charge on any atom is 0.173 e. The summed E-state index contributed by atoms with van der Waals surface area (Å²) in [5.41, 5.74) is 0.654. The van der Waals surface area contributed by atoms with Crippen LogP contribution in [0.5, 0.6) is 17.2 Å². The molecule has 0 unspecified atom stereocenters. The van der Waals surface area contributed by atoms with E-state index in [1.165, 1.54) is 6.21 Å². The molecule has 0 aliphatic carbocycles. The Labute approximate surface area is 88.4 Å². The Balaban J connectivity index is 3.37. The van der Waals surface area contributed by atoms with E-state index >= 15 is 0 Å². The fourth-order valence-electron chi connectivity index (χ4n) is 1.31. The van der Waals surface area contributed by atoms with Crippen LogP contribution >= 0.6 is 0 Å². The van der Waals surface area contributed by atoms with Gasteiger partial charge in [-0.1, -0.05) is 0 Å². The molecule has 82 valence electrons. The second kappa shape index (κ2) is 5.09. The topological polar surface area (TPSA) is 66.1 Å². The highest BCUT2D eigenvalue weighted by Crippen LogP contribution is 2.35. The molecule has 0 aliphatic heterocycles. The Bertz CT molecular complexity index is 364. The molecule has 0 spiro atoms. The summed E-state index contributed by atoms with van der Waals surface area (Å²) < 4.78 is 15.5. The van der Waals surface area contributed by atoms with E-state index < -0.39 is 0 Å². The molecular formula is C10H14N2O3. The van der Waals surface area contributed by atoms with E-state index in [1.807, 2.05) is 0 Å². The standard InChI is InChI=1S/C10H14N2O3/c1-13-8-4-5-9(14-2)10(15-3)7(8)6-12-11/h4-6H,11H2,1-3H3. The van der Waals surface area contributed by atoms with Crippen molar-refractivity contribution in [3.8, 4) is 17.2 Å². The first kappa shape index (κ1) is 11.2. The van der Waals surface area contributed by atoms with Gasteiger partial charge in [-0.2, -0.15) is 5.10 Å². The first-order valence-electron chi connectivity index (χ1n) is 4.30. The minimum absolute atomic E-state index is 0.547. The molecule has 1 aromatic carbocycles. The molecule has 0 saturated heterocycles. The molecule has 5 nitrogen and oxygen atoms in total. The van der Waals surface area contributed by atoms with Gasteiger partial charge in [-0.25, -0.2) is 0 Å². The van der Waals surface area contributed by atoms with Crippen LogP contribution in [0.25, 0.3) is 0 Å². The average molecular weight is 210 g/mol. The summed E-state index contributed by atoms with van der Waals surface area (Å²) in [5, 5.41) is 3.46. The number of methoxy groups -OCH3 is 3. The van der Waals surface area contributed by atoms with Crippen LogP contribution in [0.3, 0.4) is 0 Å². The van der Waals surface area contributed by atoms with Gasteiger partial charge in [0.05, 0.1) is 33.1 Å². The largest absolute Gasteiger partial charge is 0.496 e. The average Bonchev–Trinajstić information content (AvgIpc) is 2.28. The third-order valence-electron chi connectivity index (χ3n) is 1.97. The summed E-state index contributed by atoms with van der Waals surface area (Å²) in [5.74, 6) is 6.90. The zero-order chi connectivity index (χ0) is 11.3. The second-order valence-electron chi connectivity index (χ2n) is 2.70. The summed E-state index contributed by atoms with van der Waals surface area (Å²) >= 11 is 0. The Morgan fingerprint density at radius 2 is 1.67 bits per heavy atom. The number of ether oxygens (including phenoxy) is 3. The molecule has 0 radical (unpaired) electrons. The van der Waals surface area contributed by atoms with Gasteiger partial charge in [-0.05, 0) is 12.1 Å². The maximum absolute atomic E-state index is 5.21. The molecule has 0 bridgehead atoms. The third kappa shape index (κ3) is 2.12. The molecule has 0 aromatic heterocycles. The van der Waals surface area contributed by atoms with Gasteiger partial charge in [0.25, 0.3) is 0 Å². The van der Waals surface area contributed by atoms with E-state index in [4.69, 9.17) is 20.1 Å². The second-order valence-corrected chi connectivity index (χ2v) is 2.70. The van der Waals surface area contributed by atoms with Crippen LogP contribution in [-0.4, -0.2) is 27.5 Å². The summed E-state index contributed by atoms with van der Waals surface area (Å²) in [6.45, 7) is 0. The van der Waals surface area contributed by atoms with E-state index in [1.54, 1.807) is 33.5 Å². The Morgan fingerprint density at radius 1 is 1.07 bits per heavy atom. The zero-order valence-corrected chi connectivity index (χ0v) is 8.98. The maximum atomic E-state index is 5.21. The first-order valence-corrected chi connectivity index (χ1v) is 4.30. The van der Waals surface area contributed by atoms with Crippen molar-refractivity contribution < 1.29 is 14.2 Å². The van der Waals surface area contributed by atoms with E-state index in [0.717, 1.165) is 0 Å². The van der Waals surface area contributed by atoms with Gasteiger partial charge in [-0.15, -0.1) is 0 Å². The van der Waals surface area contributed by atoms with Crippen LogP contribution in [0, 0.1) is 0 Å². The molecule has 0 saturated carbocycles. The molecule has 0 heterocycles. The molecule has 2 N–H and O–H groups in total. The molecule has 0 fully saturated rings. The van der Waals surface area contributed by atoms with Crippen molar-refractivity contribution in [3.63, 3.8) is 0 Å². The molecule has 1 rings (SSSR count). The summed E-state index contributed by atoms with van der Waals surface area (Å²) in [4.78, 5) is 0. The van der Waals surface area contributed by atoms with E-state index in [2.05, 4.69) is 5.10 Å². The predicted molar refractivity (Wildman–Crippen MR) is 57.9 cm³/mol. The van der Waals surface area contributed by atoms with Crippen LogP contribution in [-0.2, 0) is 0 Å². The van der Waals surface area contributed by atoms with Crippen molar-refractivity contribution in [1.29, 1.82) is 0 Å². The lowest BCUT2D eigenvalue weighted by molar-refractivity contribution is 0.348.